The normalized spacial score (nSPS) is 22.8. The molecule has 1 amide bonds. The van der Waals surface area contributed by atoms with Crippen molar-refractivity contribution in [1.82, 2.24) is 0 Å². The molecule has 1 N–H and O–H groups in total. The average Bonchev–Trinajstić information content (AvgIpc) is 2.40. The predicted octanol–water partition coefficient (Wildman–Crippen LogP) is 3.52. The van der Waals surface area contributed by atoms with Gasteiger partial charge in [0.1, 0.15) is 5.82 Å². The summed E-state index contributed by atoms with van der Waals surface area (Å²) < 4.78 is 36.0. The second kappa shape index (κ2) is 6.32. The van der Waals surface area contributed by atoms with Crippen LogP contribution in [0.5, 0.6) is 0 Å². The lowest BCUT2D eigenvalue weighted by Gasteiger charge is -2.25. The van der Waals surface area contributed by atoms with E-state index in [1.807, 2.05) is 0 Å². The number of rotatable bonds is 3. The van der Waals surface area contributed by atoms with E-state index in [0.29, 0.717) is 5.92 Å². The standard InChI is InChI=1S/C14H17ClFNO3S/c1-9-2-4-10(5-3-9)14(18)17-13-7-6-11(8-12(13)16)21(15,19)20/h6-10H,2-5H2,1H3,(H,17,18). The van der Waals surface area contributed by atoms with Gasteiger partial charge in [-0.2, -0.15) is 0 Å². The Bertz CT molecular complexity index is 640. The number of carbonyl (C=O) groups is 1. The Labute approximate surface area is 128 Å². The van der Waals surface area contributed by atoms with Crippen LogP contribution in [0.15, 0.2) is 23.1 Å². The van der Waals surface area contributed by atoms with Crippen molar-refractivity contribution in [2.75, 3.05) is 5.32 Å². The quantitative estimate of drug-likeness (QED) is 0.861. The summed E-state index contributed by atoms with van der Waals surface area (Å²) in [5.41, 5.74) is -0.0253. The molecule has 116 valence electrons. The van der Waals surface area contributed by atoms with Gasteiger partial charge >= 0.3 is 0 Å². The van der Waals surface area contributed by atoms with Gasteiger partial charge in [0.05, 0.1) is 10.6 Å². The van der Waals surface area contributed by atoms with E-state index in [4.69, 9.17) is 10.7 Å². The molecule has 0 radical (unpaired) electrons. The van der Waals surface area contributed by atoms with Gasteiger partial charge in [-0.05, 0) is 49.8 Å². The Kier molecular flexibility index (Phi) is 4.88. The minimum Gasteiger partial charge on any atom is -0.323 e. The number of hydrogen-bond donors (Lipinski definition) is 1. The van der Waals surface area contributed by atoms with E-state index < -0.39 is 14.9 Å². The predicted molar refractivity (Wildman–Crippen MR) is 79.2 cm³/mol. The molecule has 1 aromatic carbocycles. The highest BCUT2D eigenvalue weighted by Crippen LogP contribution is 2.29. The lowest BCUT2D eigenvalue weighted by Crippen LogP contribution is -2.27. The van der Waals surface area contributed by atoms with Gasteiger partial charge in [-0.3, -0.25) is 4.79 Å². The monoisotopic (exact) mass is 333 g/mol. The maximum Gasteiger partial charge on any atom is 0.261 e. The van der Waals surface area contributed by atoms with Gasteiger partial charge in [-0.1, -0.05) is 6.92 Å². The second-order valence-electron chi connectivity index (χ2n) is 5.53. The van der Waals surface area contributed by atoms with Crippen molar-refractivity contribution in [3.8, 4) is 0 Å². The van der Waals surface area contributed by atoms with Gasteiger partial charge in [0, 0.05) is 16.6 Å². The first-order chi connectivity index (χ1) is 9.77. The van der Waals surface area contributed by atoms with Crippen LogP contribution in [0.4, 0.5) is 10.1 Å². The third-order valence-corrected chi connectivity index (χ3v) is 5.22. The number of halogens is 2. The summed E-state index contributed by atoms with van der Waals surface area (Å²) in [6.45, 7) is 2.15. The van der Waals surface area contributed by atoms with Gasteiger partial charge in [0.15, 0.2) is 0 Å². The SMILES string of the molecule is CC1CCC(C(=O)Nc2ccc(S(=O)(=O)Cl)cc2F)CC1. The molecule has 0 spiro atoms. The van der Waals surface area contributed by atoms with E-state index in [1.165, 1.54) is 12.1 Å². The molecule has 0 atom stereocenters. The van der Waals surface area contributed by atoms with Crippen molar-refractivity contribution in [3.63, 3.8) is 0 Å². The molecule has 4 nitrogen and oxygen atoms in total. The summed E-state index contributed by atoms with van der Waals surface area (Å²) in [6.07, 6.45) is 3.57. The van der Waals surface area contributed by atoms with Gasteiger partial charge in [0.2, 0.25) is 5.91 Å². The Morgan fingerprint density at radius 1 is 1.29 bits per heavy atom. The molecule has 0 unspecified atom stereocenters. The topological polar surface area (TPSA) is 63.2 Å². The lowest BCUT2D eigenvalue weighted by atomic mass is 9.82. The number of hydrogen-bond acceptors (Lipinski definition) is 3. The molecular formula is C14H17ClFNO3S. The number of carbonyl (C=O) groups excluding carboxylic acids is 1. The van der Waals surface area contributed by atoms with E-state index in [2.05, 4.69) is 12.2 Å². The molecule has 21 heavy (non-hydrogen) atoms. The first-order valence-electron chi connectivity index (χ1n) is 6.82. The fourth-order valence-corrected chi connectivity index (χ4v) is 3.27. The van der Waals surface area contributed by atoms with Crippen molar-refractivity contribution in [3.05, 3.63) is 24.0 Å². The van der Waals surface area contributed by atoms with Crippen molar-refractivity contribution in [1.29, 1.82) is 0 Å². The highest BCUT2D eigenvalue weighted by molar-refractivity contribution is 8.13. The Hall–Kier alpha value is -1.14. The summed E-state index contributed by atoms with van der Waals surface area (Å²) in [5, 5.41) is 2.52. The van der Waals surface area contributed by atoms with E-state index in [1.54, 1.807) is 0 Å². The van der Waals surface area contributed by atoms with Crippen LogP contribution in [0, 0.1) is 17.7 Å². The van der Waals surface area contributed by atoms with Crippen molar-refractivity contribution < 1.29 is 17.6 Å². The highest BCUT2D eigenvalue weighted by Gasteiger charge is 2.25. The van der Waals surface area contributed by atoms with E-state index in [0.717, 1.165) is 31.7 Å². The summed E-state index contributed by atoms with van der Waals surface area (Å²) in [4.78, 5) is 11.8. The number of nitrogens with one attached hydrogen (secondary N) is 1. The number of anilines is 1. The van der Waals surface area contributed by atoms with Gasteiger partial charge in [-0.15, -0.1) is 0 Å². The third-order valence-electron chi connectivity index (χ3n) is 3.87. The van der Waals surface area contributed by atoms with E-state index in [-0.39, 0.29) is 22.4 Å². The Morgan fingerprint density at radius 2 is 1.90 bits per heavy atom. The fraction of sp³-hybridized carbons (Fsp3) is 0.500. The van der Waals surface area contributed by atoms with Crippen LogP contribution in [0.25, 0.3) is 0 Å². The molecule has 0 aliphatic heterocycles. The molecule has 0 aromatic heterocycles. The van der Waals surface area contributed by atoms with Gasteiger partial charge in [0.25, 0.3) is 9.05 Å². The molecule has 2 rings (SSSR count). The number of amides is 1. The molecule has 1 aliphatic rings. The van der Waals surface area contributed by atoms with Crippen LogP contribution in [0.3, 0.4) is 0 Å². The summed E-state index contributed by atoms with van der Waals surface area (Å²) in [6, 6.07) is 3.19. The smallest absolute Gasteiger partial charge is 0.261 e. The summed E-state index contributed by atoms with van der Waals surface area (Å²) in [7, 11) is 1.16. The molecule has 0 heterocycles. The van der Waals surface area contributed by atoms with E-state index in [9.17, 15) is 17.6 Å². The molecule has 1 aromatic rings. The molecule has 0 saturated heterocycles. The van der Waals surface area contributed by atoms with Gasteiger partial charge < -0.3 is 5.32 Å². The zero-order chi connectivity index (χ0) is 15.6. The Morgan fingerprint density at radius 3 is 2.43 bits per heavy atom. The zero-order valence-electron chi connectivity index (χ0n) is 11.6. The molecular weight excluding hydrogens is 317 g/mol. The zero-order valence-corrected chi connectivity index (χ0v) is 13.2. The summed E-state index contributed by atoms with van der Waals surface area (Å²) >= 11 is 0. The lowest BCUT2D eigenvalue weighted by molar-refractivity contribution is -0.121. The molecule has 1 saturated carbocycles. The van der Waals surface area contributed by atoms with Crippen LogP contribution < -0.4 is 5.32 Å². The number of benzene rings is 1. The van der Waals surface area contributed by atoms with Gasteiger partial charge in [-0.25, -0.2) is 12.8 Å². The minimum absolute atomic E-state index is 0.0253. The van der Waals surface area contributed by atoms with Crippen LogP contribution in [0.1, 0.15) is 32.6 Å². The average molecular weight is 334 g/mol. The molecule has 0 bridgehead atoms. The fourth-order valence-electron chi connectivity index (χ4n) is 2.51. The largest absolute Gasteiger partial charge is 0.323 e. The molecule has 1 aliphatic carbocycles. The first kappa shape index (κ1) is 16.2. The highest BCUT2D eigenvalue weighted by atomic mass is 35.7. The van der Waals surface area contributed by atoms with Crippen LogP contribution in [-0.2, 0) is 13.8 Å². The van der Waals surface area contributed by atoms with Crippen molar-refractivity contribution in [2.45, 2.75) is 37.5 Å². The maximum atomic E-state index is 13.8. The van der Waals surface area contributed by atoms with Crippen molar-refractivity contribution >= 4 is 31.3 Å². The third kappa shape index (κ3) is 4.17. The van der Waals surface area contributed by atoms with Crippen LogP contribution in [0.2, 0.25) is 0 Å². The minimum atomic E-state index is -3.98. The maximum absolute atomic E-state index is 13.8. The first-order valence-corrected chi connectivity index (χ1v) is 9.13. The second-order valence-corrected chi connectivity index (χ2v) is 8.09. The van der Waals surface area contributed by atoms with E-state index >= 15 is 0 Å². The van der Waals surface area contributed by atoms with Crippen LogP contribution in [-0.4, -0.2) is 14.3 Å². The molecule has 1 fully saturated rings. The Balaban J connectivity index is 2.08. The summed E-state index contributed by atoms with van der Waals surface area (Å²) in [5.74, 6) is -0.521. The molecule has 7 heteroatoms. The van der Waals surface area contributed by atoms with Crippen LogP contribution >= 0.6 is 10.7 Å². The van der Waals surface area contributed by atoms with Crippen molar-refractivity contribution in [2.24, 2.45) is 11.8 Å².